The topological polar surface area (TPSA) is 61.5 Å². The van der Waals surface area contributed by atoms with Crippen LogP contribution in [0.3, 0.4) is 0 Å². The maximum atomic E-state index is 12.4. The van der Waals surface area contributed by atoms with Gasteiger partial charge in [-0.05, 0) is 30.9 Å². The van der Waals surface area contributed by atoms with E-state index in [2.05, 4.69) is 0 Å². The molecule has 0 saturated heterocycles. The highest BCUT2D eigenvalue weighted by Crippen LogP contribution is 2.49. The number of hydrogen-bond acceptors (Lipinski definition) is 5. The van der Waals surface area contributed by atoms with Crippen molar-refractivity contribution in [2.45, 2.75) is 20.4 Å². The molecule has 4 nitrogen and oxygen atoms in total. The Hall–Kier alpha value is -0.190. The Morgan fingerprint density at radius 3 is 2.47 bits per heavy atom. The molecule has 0 aliphatic carbocycles. The van der Waals surface area contributed by atoms with Gasteiger partial charge in [0.1, 0.15) is 4.62 Å². The fourth-order valence-electron chi connectivity index (χ4n) is 1.22. The summed E-state index contributed by atoms with van der Waals surface area (Å²) in [6, 6.07) is 1.85. The van der Waals surface area contributed by atoms with E-state index in [-0.39, 0.29) is 0 Å². The maximum Gasteiger partial charge on any atom is 0.371 e. The molecule has 2 N–H and O–H groups in total. The second-order valence-corrected chi connectivity index (χ2v) is 5.97. The molecule has 1 aromatic rings. The molecule has 0 spiro atoms. The van der Waals surface area contributed by atoms with Crippen LogP contribution in [0.2, 0.25) is 0 Å². The molecule has 0 amide bonds. The summed E-state index contributed by atoms with van der Waals surface area (Å²) in [6.07, 6.45) is 0. The summed E-state index contributed by atoms with van der Waals surface area (Å²) >= 11 is 1.37. The lowest BCUT2D eigenvalue weighted by atomic mass is 10.3. The van der Waals surface area contributed by atoms with Gasteiger partial charge in [0.25, 0.3) is 0 Å². The van der Waals surface area contributed by atoms with E-state index in [0.29, 0.717) is 24.4 Å². The van der Waals surface area contributed by atoms with Crippen molar-refractivity contribution < 1.29 is 13.6 Å². The van der Waals surface area contributed by atoms with Gasteiger partial charge in [0, 0.05) is 6.54 Å². The Kier molecular flexibility index (Phi) is 4.96. The van der Waals surface area contributed by atoms with Crippen LogP contribution >= 0.6 is 18.9 Å². The van der Waals surface area contributed by atoms with Crippen molar-refractivity contribution in [3.8, 4) is 0 Å². The summed E-state index contributed by atoms with van der Waals surface area (Å²) in [7, 11) is -3.14. The Bertz CT molecular complexity index is 343. The first-order valence-corrected chi connectivity index (χ1v) is 7.26. The first-order valence-electron chi connectivity index (χ1n) is 4.84. The number of thiophene rings is 1. The maximum absolute atomic E-state index is 12.4. The van der Waals surface area contributed by atoms with Crippen molar-refractivity contribution in [1.82, 2.24) is 0 Å². The summed E-state index contributed by atoms with van der Waals surface area (Å²) < 4.78 is 23.5. The van der Waals surface area contributed by atoms with Gasteiger partial charge in [-0.15, -0.1) is 11.3 Å². The van der Waals surface area contributed by atoms with Crippen molar-refractivity contribution in [2.24, 2.45) is 5.73 Å². The third kappa shape index (κ3) is 2.89. The normalized spacial score (nSPS) is 11.9. The lowest BCUT2D eigenvalue weighted by Crippen LogP contribution is -2.13. The predicted molar refractivity (Wildman–Crippen MR) is 62.7 cm³/mol. The quantitative estimate of drug-likeness (QED) is 0.784. The van der Waals surface area contributed by atoms with Gasteiger partial charge in [0.2, 0.25) is 0 Å². The molecule has 86 valence electrons. The zero-order valence-corrected chi connectivity index (χ0v) is 10.6. The second kappa shape index (κ2) is 5.77. The van der Waals surface area contributed by atoms with E-state index in [9.17, 15) is 4.57 Å². The van der Waals surface area contributed by atoms with Gasteiger partial charge in [-0.1, -0.05) is 0 Å². The van der Waals surface area contributed by atoms with Gasteiger partial charge in [0.05, 0.1) is 13.2 Å². The van der Waals surface area contributed by atoms with Gasteiger partial charge >= 0.3 is 7.60 Å². The van der Waals surface area contributed by atoms with Crippen molar-refractivity contribution >= 4 is 23.6 Å². The Morgan fingerprint density at radius 1 is 1.40 bits per heavy atom. The molecule has 0 unspecified atom stereocenters. The molecule has 0 saturated carbocycles. The van der Waals surface area contributed by atoms with Crippen LogP contribution in [0, 0.1) is 0 Å². The van der Waals surface area contributed by atoms with Crippen molar-refractivity contribution in [2.75, 3.05) is 13.2 Å². The summed E-state index contributed by atoms with van der Waals surface area (Å²) in [4.78, 5) is 0. The van der Waals surface area contributed by atoms with Crippen LogP contribution < -0.4 is 10.4 Å². The van der Waals surface area contributed by atoms with Crippen molar-refractivity contribution in [3.63, 3.8) is 0 Å². The zero-order chi connectivity index (χ0) is 11.3. The fraction of sp³-hybridized carbons (Fsp3) is 0.556. The highest BCUT2D eigenvalue weighted by Gasteiger charge is 2.30. The fourth-order valence-corrected chi connectivity index (χ4v) is 4.40. The first-order chi connectivity index (χ1) is 7.18. The van der Waals surface area contributed by atoms with Crippen LogP contribution in [0.1, 0.15) is 19.4 Å². The van der Waals surface area contributed by atoms with Gasteiger partial charge in [-0.3, -0.25) is 4.57 Å². The van der Waals surface area contributed by atoms with E-state index >= 15 is 0 Å². The predicted octanol–water partition coefficient (Wildman–Crippen LogP) is 2.10. The van der Waals surface area contributed by atoms with Crippen LogP contribution in [-0.4, -0.2) is 13.2 Å². The molecule has 0 radical (unpaired) electrons. The van der Waals surface area contributed by atoms with Crippen LogP contribution in [0.25, 0.3) is 0 Å². The molecule has 1 heterocycles. The summed E-state index contributed by atoms with van der Waals surface area (Å²) in [5, 5.41) is 1.85. The molecule has 6 heteroatoms. The number of rotatable bonds is 6. The highest BCUT2D eigenvalue weighted by molar-refractivity contribution is 7.68. The van der Waals surface area contributed by atoms with Gasteiger partial charge < -0.3 is 14.8 Å². The van der Waals surface area contributed by atoms with E-state index in [0.717, 1.165) is 5.56 Å². The lowest BCUT2D eigenvalue weighted by Gasteiger charge is -2.16. The Balaban J connectivity index is 3.03. The molecule has 0 aromatic carbocycles. The first kappa shape index (κ1) is 12.9. The summed E-state index contributed by atoms with van der Waals surface area (Å²) in [6.45, 7) is 4.66. The molecule has 1 aromatic heterocycles. The van der Waals surface area contributed by atoms with E-state index in [1.54, 1.807) is 13.8 Å². The minimum absolute atomic E-state index is 0.350. The number of hydrogen-bond donors (Lipinski definition) is 1. The summed E-state index contributed by atoms with van der Waals surface area (Å²) in [5.41, 5.74) is 6.40. The Labute approximate surface area is 93.9 Å². The molecule has 0 fully saturated rings. The van der Waals surface area contributed by atoms with Crippen LogP contribution in [-0.2, 0) is 20.2 Å². The SMILES string of the molecule is CCOP(=O)(OCC)c1sccc1CN. The van der Waals surface area contributed by atoms with Crippen molar-refractivity contribution in [1.29, 1.82) is 0 Å². The molecule has 0 bridgehead atoms. The lowest BCUT2D eigenvalue weighted by molar-refractivity contribution is 0.230. The average Bonchev–Trinajstić information content (AvgIpc) is 2.66. The molecule has 0 aliphatic rings. The third-order valence-corrected chi connectivity index (χ3v) is 5.52. The number of nitrogens with two attached hydrogens (primary N) is 1. The average molecular weight is 249 g/mol. The van der Waals surface area contributed by atoms with E-state index in [1.807, 2.05) is 11.4 Å². The van der Waals surface area contributed by atoms with Gasteiger partial charge in [0.15, 0.2) is 0 Å². The van der Waals surface area contributed by atoms with E-state index in [4.69, 9.17) is 14.8 Å². The van der Waals surface area contributed by atoms with Crippen LogP contribution in [0.15, 0.2) is 11.4 Å². The van der Waals surface area contributed by atoms with E-state index in [1.165, 1.54) is 11.3 Å². The monoisotopic (exact) mass is 249 g/mol. The van der Waals surface area contributed by atoms with Gasteiger partial charge in [-0.2, -0.15) is 0 Å². The van der Waals surface area contributed by atoms with Crippen LogP contribution in [0.4, 0.5) is 0 Å². The largest absolute Gasteiger partial charge is 0.371 e. The third-order valence-electron chi connectivity index (χ3n) is 1.79. The molecule has 0 aliphatic heterocycles. The van der Waals surface area contributed by atoms with Crippen molar-refractivity contribution in [3.05, 3.63) is 17.0 Å². The minimum Gasteiger partial charge on any atom is -0.326 e. The molecule has 0 atom stereocenters. The second-order valence-electron chi connectivity index (χ2n) is 2.79. The van der Waals surface area contributed by atoms with Gasteiger partial charge in [-0.25, -0.2) is 0 Å². The molecule has 1 rings (SSSR count). The molecular formula is C9H16NO3PS. The zero-order valence-electron chi connectivity index (χ0n) is 8.93. The smallest absolute Gasteiger partial charge is 0.326 e. The molecular weight excluding hydrogens is 233 g/mol. The summed E-state index contributed by atoms with van der Waals surface area (Å²) in [5.74, 6) is 0. The Morgan fingerprint density at radius 2 is 2.00 bits per heavy atom. The highest BCUT2D eigenvalue weighted by atomic mass is 32.1. The standard InChI is InChI=1S/C9H16NO3PS/c1-3-12-14(11,13-4-2)9-8(7-10)5-6-15-9/h5-6H,3-4,7,10H2,1-2H3. The minimum atomic E-state index is -3.14. The van der Waals surface area contributed by atoms with E-state index < -0.39 is 7.60 Å². The molecule has 15 heavy (non-hydrogen) atoms. The van der Waals surface area contributed by atoms with Crippen LogP contribution in [0.5, 0.6) is 0 Å².